The monoisotopic (exact) mass is 211 g/mol. The van der Waals surface area contributed by atoms with Crippen molar-refractivity contribution in [2.24, 2.45) is 5.73 Å². The molecule has 0 aromatic carbocycles. The first-order valence-corrected chi connectivity index (χ1v) is 4.94. The molecule has 0 saturated heterocycles. The van der Waals surface area contributed by atoms with Crippen LogP contribution in [0.3, 0.4) is 0 Å². The molecule has 0 fully saturated rings. The van der Waals surface area contributed by atoms with Crippen molar-refractivity contribution >= 4 is 5.91 Å². The lowest BCUT2D eigenvalue weighted by atomic mass is 10.3. The van der Waals surface area contributed by atoms with Gasteiger partial charge in [-0.05, 0) is 20.8 Å². The number of nitrogens with zero attached hydrogens (tertiary/aromatic N) is 3. The van der Waals surface area contributed by atoms with Gasteiger partial charge in [-0.1, -0.05) is 5.21 Å². The van der Waals surface area contributed by atoms with Crippen molar-refractivity contribution < 1.29 is 4.79 Å². The molecular weight excluding hydrogens is 194 g/mol. The van der Waals surface area contributed by atoms with Gasteiger partial charge < -0.3 is 11.1 Å². The van der Waals surface area contributed by atoms with E-state index in [1.54, 1.807) is 6.20 Å². The van der Waals surface area contributed by atoms with Crippen LogP contribution in [-0.2, 0) is 11.3 Å². The molecule has 3 N–H and O–H groups in total. The van der Waals surface area contributed by atoms with Crippen LogP contribution in [0.25, 0.3) is 0 Å². The number of carbonyl (C=O) groups excluding carboxylic acids is 1. The summed E-state index contributed by atoms with van der Waals surface area (Å²) < 4.78 is 1.48. The molecule has 1 unspecified atom stereocenters. The van der Waals surface area contributed by atoms with Crippen molar-refractivity contribution in [3.05, 3.63) is 11.9 Å². The molecule has 0 bridgehead atoms. The Kier molecular flexibility index (Phi) is 3.79. The van der Waals surface area contributed by atoms with Crippen LogP contribution in [0.4, 0.5) is 0 Å². The average Bonchev–Trinajstić information content (AvgIpc) is 2.50. The second kappa shape index (κ2) is 4.88. The smallest absolute Gasteiger partial charge is 0.241 e. The molecule has 0 radical (unpaired) electrons. The van der Waals surface area contributed by atoms with E-state index in [-0.39, 0.29) is 24.5 Å². The summed E-state index contributed by atoms with van der Waals surface area (Å²) in [7, 11) is 0. The third-order valence-corrected chi connectivity index (χ3v) is 1.78. The standard InChI is InChI=1S/C9H17N5O/c1-6(2)11-9(15)5-14-4-8(7(3)10)12-13-14/h4,6-7H,5,10H2,1-3H3,(H,11,15). The van der Waals surface area contributed by atoms with Gasteiger partial charge in [0.15, 0.2) is 0 Å². The van der Waals surface area contributed by atoms with Crippen LogP contribution >= 0.6 is 0 Å². The van der Waals surface area contributed by atoms with Gasteiger partial charge in [0.2, 0.25) is 5.91 Å². The molecule has 1 aromatic heterocycles. The molecule has 84 valence electrons. The molecule has 0 aliphatic rings. The number of carbonyl (C=O) groups is 1. The Balaban J connectivity index is 2.53. The molecule has 6 nitrogen and oxygen atoms in total. The minimum absolute atomic E-state index is 0.0777. The lowest BCUT2D eigenvalue weighted by molar-refractivity contribution is -0.122. The molecule has 1 heterocycles. The SMILES string of the molecule is CC(C)NC(=O)Cn1cc(C(C)N)nn1. The Morgan fingerprint density at radius 3 is 2.73 bits per heavy atom. The largest absolute Gasteiger partial charge is 0.352 e. The normalized spacial score (nSPS) is 12.9. The molecule has 1 aromatic rings. The van der Waals surface area contributed by atoms with Gasteiger partial charge in [0.1, 0.15) is 6.54 Å². The van der Waals surface area contributed by atoms with Crippen molar-refractivity contribution in [1.29, 1.82) is 0 Å². The summed E-state index contributed by atoms with van der Waals surface area (Å²) in [5.41, 5.74) is 6.31. The summed E-state index contributed by atoms with van der Waals surface area (Å²) in [4.78, 5) is 11.4. The van der Waals surface area contributed by atoms with Crippen LogP contribution in [0.5, 0.6) is 0 Å². The summed E-state index contributed by atoms with van der Waals surface area (Å²) in [6.45, 7) is 5.82. The highest BCUT2D eigenvalue weighted by Gasteiger charge is 2.08. The first-order chi connectivity index (χ1) is 6.99. The maximum atomic E-state index is 11.4. The van der Waals surface area contributed by atoms with Crippen molar-refractivity contribution in [3.63, 3.8) is 0 Å². The summed E-state index contributed by atoms with van der Waals surface area (Å²) in [5.74, 6) is -0.0777. The number of amides is 1. The van der Waals surface area contributed by atoms with Crippen LogP contribution in [0.1, 0.15) is 32.5 Å². The highest BCUT2D eigenvalue weighted by Crippen LogP contribution is 2.02. The summed E-state index contributed by atoms with van der Waals surface area (Å²) in [5, 5.41) is 10.4. The van der Waals surface area contributed by atoms with Gasteiger partial charge in [-0.2, -0.15) is 0 Å². The Bertz CT molecular complexity index is 331. The minimum atomic E-state index is -0.160. The second-order valence-electron chi connectivity index (χ2n) is 3.85. The van der Waals surface area contributed by atoms with E-state index in [1.807, 2.05) is 20.8 Å². The fourth-order valence-electron chi connectivity index (χ4n) is 1.11. The highest BCUT2D eigenvalue weighted by molar-refractivity contribution is 5.75. The molecule has 1 atom stereocenters. The molecule has 0 saturated carbocycles. The molecule has 1 amide bonds. The van der Waals surface area contributed by atoms with Crippen LogP contribution in [0.15, 0.2) is 6.20 Å². The summed E-state index contributed by atoms with van der Waals surface area (Å²) >= 11 is 0. The maximum absolute atomic E-state index is 11.4. The molecule has 1 rings (SSSR count). The fourth-order valence-corrected chi connectivity index (χ4v) is 1.11. The zero-order chi connectivity index (χ0) is 11.4. The van der Waals surface area contributed by atoms with Crippen molar-refractivity contribution in [3.8, 4) is 0 Å². The topological polar surface area (TPSA) is 85.8 Å². The van der Waals surface area contributed by atoms with E-state index in [9.17, 15) is 4.79 Å². The molecule has 6 heteroatoms. The highest BCUT2D eigenvalue weighted by atomic mass is 16.2. The molecule has 0 spiro atoms. The van der Waals surface area contributed by atoms with Gasteiger partial charge in [-0.25, -0.2) is 4.68 Å². The maximum Gasteiger partial charge on any atom is 0.241 e. The lowest BCUT2D eigenvalue weighted by Crippen LogP contribution is -2.33. The van der Waals surface area contributed by atoms with Gasteiger partial charge >= 0.3 is 0 Å². The Hall–Kier alpha value is -1.43. The summed E-state index contributed by atoms with van der Waals surface area (Å²) in [6, 6.07) is -0.0270. The Morgan fingerprint density at radius 2 is 2.27 bits per heavy atom. The van der Waals surface area contributed by atoms with E-state index < -0.39 is 0 Å². The number of hydrogen-bond donors (Lipinski definition) is 2. The van der Waals surface area contributed by atoms with E-state index in [4.69, 9.17) is 5.73 Å². The molecular formula is C9H17N5O. The van der Waals surface area contributed by atoms with Crippen LogP contribution in [-0.4, -0.2) is 26.9 Å². The predicted molar refractivity (Wildman–Crippen MR) is 55.9 cm³/mol. The van der Waals surface area contributed by atoms with Gasteiger partial charge in [0.05, 0.1) is 11.9 Å². The third kappa shape index (κ3) is 3.67. The van der Waals surface area contributed by atoms with E-state index in [0.29, 0.717) is 5.69 Å². The predicted octanol–water partition coefficient (Wildman–Crippen LogP) is -0.178. The third-order valence-electron chi connectivity index (χ3n) is 1.78. The van der Waals surface area contributed by atoms with E-state index in [2.05, 4.69) is 15.6 Å². The van der Waals surface area contributed by atoms with E-state index >= 15 is 0 Å². The van der Waals surface area contributed by atoms with Crippen molar-refractivity contribution in [2.75, 3.05) is 0 Å². The number of hydrogen-bond acceptors (Lipinski definition) is 4. The molecule has 15 heavy (non-hydrogen) atoms. The van der Waals surface area contributed by atoms with Crippen LogP contribution in [0.2, 0.25) is 0 Å². The fraction of sp³-hybridized carbons (Fsp3) is 0.667. The lowest BCUT2D eigenvalue weighted by Gasteiger charge is -2.07. The Labute approximate surface area is 88.8 Å². The molecule has 0 aliphatic heterocycles. The quantitative estimate of drug-likeness (QED) is 0.723. The number of aromatic nitrogens is 3. The van der Waals surface area contributed by atoms with Gasteiger partial charge in [-0.3, -0.25) is 4.79 Å². The van der Waals surface area contributed by atoms with E-state index in [1.165, 1.54) is 4.68 Å². The van der Waals surface area contributed by atoms with Crippen LogP contribution < -0.4 is 11.1 Å². The summed E-state index contributed by atoms with van der Waals surface area (Å²) in [6.07, 6.45) is 1.69. The number of nitrogens with one attached hydrogen (secondary N) is 1. The zero-order valence-corrected chi connectivity index (χ0v) is 9.27. The Morgan fingerprint density at radius 1 is 1.60 bits per heavy atom. The van der Waals surface area contributed by atoms with Crippen LogP contribution in [0, 0.1) is 0 Å². The first-order valence-electron chi connectivity index (χ1n) is 4.94. The molecule has 0 aliphatic carbocycles. The number of nitrogens with two attached hydrogens (primary N) is 1. The zero-order valence-electron chi connectivity index (χ0n) is 9.27. The second-order valence-corrected chi connectivity index (χ2v) is 3.85. The van der Waals surface area contributed by atoms with Gasteiger partial charge in [-0.15, -0.1) is 5.10 Å². The van der Waals surface area contributed by atoms with E-state index in [0.717, 1.165) is 0 Å². The van der Waals surface area contributed by atoms with Gasteiger partial charge in [0, 0.05) is 12.1 Å². The van der Waals surface area contributed by atoms with Gasteiger partial charge in [0.25, 0.3) is 0 Å². The van der Waals surface area contributed by atoms with Crippen molar-refractivity contribution in [2.45, 2.75) is 39.4 Å². The average molecular weight is 211 g/mol. The minimum Gasteiger partial charge on any atom is -0.352 e. The first kappa shape index (κ1) is 11.6. The number of rotatable bonds is 4. The van der Waals surface area contributed by atoms with Crippen molar-refractivity contribution in [1.82, 2.24) is 20.3 Å².